The molecule has 29 heavy (non-hydrogen) atoms. The van der Waals surface area contributed by atoms with Crippen LogP contribution in [0.2, 0.25) is 0 Å². The van der Waals surface area contributed by atoms with E-state index in [1.165, 1.54) is 5.56 Å². The van der Waals surface area contributed by atoms with E-state index in [1.807, 2.05) is 17.0 Å². The molecule has 160 valence electrons. The Hall–Kier alpha value is -2.08. The summed E-state index contributed by atoms with van der Waals surface area (Å²) >= 11 is 0. The van der Waals surface area contributed by atoms with Crippen LogP contribution in [0.25, 0.3) is 0 Å². The third kappa shape index (κ3) is 5.72. The number of benzene rings is 1. The van der Waals surface area contributed by atoms with Gasteiger partial charge >= 0.3 is 0 Å². The zero-order chi connectivity index (χ0) is 21.0. The Morgan fingerprint density at radius 2 is 1.93 bits per heavy atom. The summed E-state index contributed by atoms with van der Waals surface area (Å²) in [6, 6.07) is 6.20. The summed E-state index contributed by atoms with van der Waals surface area (Å²) in [4.78, 5) is 26.7. The second-order valence-electron chi connectivity index (χ2n) is 9.20. The summed E-state index contributed by atoms with van der Waals surface area (Å²) in [5.41, 5.74) is 2.24. The second-order valence-corrected chi connectivity index (χ2v) is 9.20. The Morgan fingerprint density at radius 3 is 2.55 bits per heavy atom. The average Bonchev–Trinajstić information content (AvgIpc) is 3.21. The van der Waals surface area contributed by atoms with Gasteiger partial charge in [-0.3, -0.25) is 9.59 Å². The molecule has 2 aliphatic heterocycles. The number of likely N-dealkylation sites (tertiary alicyclic amines) is 1. The van der Waals surface area contributed by atoms with Crippen LogP contribution in [0.3, 0.4) is 0 Å². The van der Waals surface area contributed by atoms with Gasteiger partial charge in [0.2, 0.25) is 5.91 Å². The second kappa shape index (κ2) is 9.16. The summed E-state index contributed by atoms with van der Waals surface area (Å²) in [5, 5.41) is 3.07. The van der Waals surface area contributed by atoms with E-state index in [-0.39, 0.29) is 36.0 Å². The van der Waals surface area contributed by atoms with Crippen LogP contribution in [-0.2, 0) is 19.7 Å². The van der Waals surface area contributed by atoms with Crippen molar-refractivity contribution in [2.24, 2.45) is 0 Å². The van der Waals surface area contributed by atoms with Gasteiger partial charge < -0.3 is 19.7 Å². The van der Waals surface area contributed by atoms with Crippen LogP contribution in [-0.4, -0.2) is 55.2 Å². The van der Waals surface area contributed by atoms with Crippen molar-refractivity contribution in [3.8, 4) is 5.75 Å². The number of ether oxygens (including phenoxy) is 2. The molecule has 1 N–H and O–H groups in total. The molecule has 2 heterocycles. The molecule has 3 rings (SSSR count). The molecular formula is C23H34N2O4. The van der Waals surface area contributed by atoms with Crippen molar-refractivity contribution < 1.29 is 19.1 Å². The Labute approximate surface area is 173 Å². The fourth-order valence-electron chi connectivity index (χ4n) is 3.94. The maximum atomic E-state index is 12.6. The lowest BCUT2D eigenvalue weighted by Crippen LogP contribution is -2.49. The van der Waals surface area contributed by atoms with Crippen molar-refractivity contribution in [1.82, 2.24) is 10.2 Å². The quantitative estimate of drug-likeness (QED) is 0.822. The highest BCUT2D eigenvalue weighted by Gasteiger charge is 2.29. The Balaban J connectivity index is 1.47. The number of carbonyl (C=O) groups is 2. The largest absolute Gasteiger partial charge is 0.483 e. The van der Waals surface area contributed by atoms with Gasteiger partial charge in [-0.25, -0.2) is 0 Å². The van der Waals surface area contributed by atoms with Gasteiger partial charge in [-0.15, -0.1) is 0 Å². The molecule has 0 aliphatic carbocycles. The highest BCUT2D eigenvalue weighted by molar-refractivity contribution is 5.81. The molecular weight excluding hydrogens is 368 g/mol. The van der Waals surface area contributed by atoms with E-state index in [0.717, 1.165) is 37.0 Å². The van der Waals surface area contributed by atoms with E-state index in [4.69, 9.17) is 9.47 Å². The molecule has 0 bridgehead atoms. The molecule has 2 fully saturated rings. The number of rotatable bonds is 5. The van der Waals surface area contributed by atoms with Gasteiger partial charge in [-0.1, -0.05) is 38.5 Å². The molecule has 0 radical (unpaired) electrons. The molecule has 0 saturated carbocycles. The minimum atomic E-state index is -0.297. The molecule has 2 amide bonds. The Bertz CT molecular complexity index is 727. The number of hydrogen-bond acceptors (Lipinski definition) is 4. The third-order valence-corrected chi connectivity index (χ3v) is 5.71. The fraction of sp³-hybridized carbons (Fsp3) is 0.652. The summed E-state index contributed by atoms with van der Waals surface area (Å²) < 4.78 is 11.4. The monoisotopic (exact) mass is 402 g/mol. The molecule has 6 nitrogen and oxygen atoms in total. The highest BCUT2D eigenvalue weighted by Crippen LogP contribution is 2.32. The van der Waals surface area contributed by atoms with Crippen LogP contribution in [0.5, 0.6) is 5.75 Å². The van der Waals surface area contributed by atoms with Crippen molar-refractivity contribution in [2.75, 3.05) is 26.3 Å². The van der Waals surface area contributed by atoms with E-state index in [1.54, 1.807) is 0 Å². The maximum Gasteiger partial charge on any atom is 0.260 e. The zero-order valence-electron chi connectivity index (χ0n) is 18.1. The van der Waals surface area contributed by atoms with Crippen LogP contribution in [0.1, 0.15) is 57.6 Å². The van der Waals surface area contributed by atoms with Gasteiger partial charge in [-0.2, -0.15) is 0 Å². The number of hydrogen-bond donors (Lipinski definition) is 1. The first-order chi connectivity index (χ1) is 13.7. The minimum absolute atomic E-state index is 0.00524. The van der Waals surface area contributed by atoms with Gasteiger partial charge in [0, 0.05) is 25.7 Å². The molecule has 1 atom stereocenters. The van der Waals surface area contributed by atoms with Crippen LogP contribution in [0, 0.1) is 6.92 Å². The number of nitrogens with one attached hydrogen (secondary N) is 1. The molecule has 1 unspecified atom stereocenters. The van der Waals surface area contributed by atoms with Crippen molar-refractivity contribution in [1.29, 1.82) is 0 Å². The van der Waals surface area contributed by atoms with Crippen LogP contribution in [0.4, 0.5) is 0 Å². The minimum Gasteiger partial charge on any atom is -0.483 e. The molecule has 1 aromatic rings. The third-order valence-electron chi connectivity index (χ3n) is 5.71. The van der Waals surface area contributed by atoms with Crippen LogP contribution in [0.15, 0.2) is 18.2 Å². The van der Waals surface area contributed by atoms with Crippen LogP contribution >= 0.6 is 0 Å². The Morgan fingerprint density at radius 1 is 1.21 bits per heavy atom. The lowest BCUT2D eigenvalue weighted by Gasteiger charge is -2.33. The summed E-state index contributed by atoms with van der Waals surface area (Å²) in [7, 11) is 0. The molecule has 1 aromatic carbocycles. The summed E-state index contributed by atoms with van der Waals surface area (Å²) in [6.07, 6.45) is 2.98. The van der Waals surface area contributed by atoms with Gasteiger partial charge in [-0.05, 0) is 49.7 Å². The lowest BCUT2D eigenvalue weighted by molar-refractivity contribution is -0.135. The number of aryl methyl sites for hydroxylation is 1. The predicted octanol–water partition coefficient (Wildman–Crippen LogP) is 2.96. The summed E-state index contributed by atoms with van der Waals surface area (Å²) in [6.45, 7) is 10.5. The predicted molar refractivity (Wildman–Crippen MR) is 112 cm³/mol. The molecule has 2 aliphatic rings. The number of amides is 2. The number of nitrogens with zero attached hydrogens (tertiary/aromatic N) is 1. The van der Waals surface area contributed by atoms with E-state index < -0.39 is 0 Å². The maximum absolute atomic E-state index is 12.6. The molecule has 2 saturated heterocycles. The summed E-state index contributed by atoms with van der Waals surface area (Å²) in [5.74, 6) is 0.759. The molecule has 0 aromatic heterocycles. The van der Waals surface area contributed by atoms with Crippen molar-refractivity contribution in [3.63, 3.8) is 0 Å². The molecule has 6 heteroatoms. The average molecular weight is 403 g/mol. The van der Waals surface area contributed by atoms with Gasteiger partial charge in [0.15, 0.2) is 6.61 Å². The van der Waals surface area contributed by atoms with E-state index in [0.29, 0.717) is 19.7 Å². The van der Waals surface area contributed by atoms with Gasteiger partial charge in [0.05, 0.1) is 0 Å². The van der Waals surface area contributed by atoms with E-state index >= 15 is 0 Å². The fourth-order valence-corrected chi connectivity index (χ4v) is 3.94. The van der Waals surface area contributed by atoms with E-state index in [2.05, 4.69) is 39.1 Å². The Kier molecular flexibility index (Phi) is 6.83. The van der Waals surface area contributed by atoms with Crippen LogP contribution < -0.4 is 10.1 Å². The van der Waals surface area contributed by atoms with Gasteiger partial charge in [0.25, 0.3) is 5.91 Å². The molecule has 0 spiro atoms. The smallest absolute Gasteiger partial charge is 0.260 e. The normalized spacial score (nSPS) is 20.6. The topological polar surface area (TPSA) is 67.9 Å². The number of carbonyl (C=O) groups excluding carboxylic acids is 2. The standard InChI is InChI=1S/C23H34N2O4/c1-16-7-8-19(18(14-16)23(2,3)4)29-15-21(26)25-11-9-17(10-12-25)24-22(27)20-6-5-13-28-20/h7-8,14,17,20H,5-6,9-13,15H2,1-4H3,(H,24,27). The lowest BCUT2D eigenvalue weighted by atomic mass is 9.85. The highest BCUT2D eigenvalue weighted by atomic mass is 16.5. The van der Waals surface area contributed by atoms with Crippen molar-refractivity contribution in [3.05, 3.63) is 29.3 Å². The first-order valence-corrected chi connectivity index (χ1v) is 10.7. The van der Waals surface area contributed by atoms with Gasteiger partial charge in [0.1, 0.15) is 11.9 Å². The first kappa shape index (κ1) is 21.6. The number of piperidine rings is 1. The SMILES string of the molecule is Cc1ccc(OCC(=O)N2CCC(NC(=O)C3CCCO3)CC2)c(C(C)(C)C)c1. The van der Waals surface area contributed by atoms with Crippen molar-refractivity contribution in [2.45, 2.75) is 70.9 Å². The van der Waals surface area contributed by atoms with Crippen molar-refractivity contribution >= 4 is 11.8 Å². The van der Waals surface area contributed by atoms with E-state index in [9.17, 15) is 9.59 Å². The first-order valence-electron chi connectivity index (χ1n) is 10.7. The zero-order valence-corrected chi connectivity index (χ0v) is 18.1.